The predicted octanol–water partition coefficient (Wildman–Crippen LogP) is 3.94. The summed E-state index contributed by atoms with van der Waals surface area (Å²) in [6.07, 6.45) is 2.68. The van der Waals surface area contributed by atoms with Gasteiger partial charge in [0.25, 0.3) is 5.91 Å². The van der Waals surface area contributed by atoms with Crippen LogP contribution in [0.3, 0.4) is 0 Å². The van der Waals surface area contributed by atoms with Crippen molar-refractivity contribution in [2.75, 3.05) is 26.2 Å². The summed E-state index contributed by atoms with van der Waals surface area (Å²) in [5.41, 5.74) is 2.38. The molecule has 1 fully saturated rings. The Kier molecular flexibility index (Phi) is 7.39. The molecule has 6 nitrogen and oxygen atoms in total. The standard InChI is InChI=1S/C22H27ClN2O4S/c1-16-6-7-17(2)20(14-16)29-13-10-24-22(26)18-8-9-19(23)21(15-18)30(27,28)25-11-4-3-5-12-25/h6-9,14-15H,3-5,10-13H2,1-2H3,(H,24,26). The van der Waals surface area contributed by atoms with E-state index in [1.165, 1.54) is 22.5 Å². The minimum Gasteiger partial charge on any atom is -0.491 e. The Bertz CT molecular complexity index is 1020. The van der Waals surface area contributed by atoms with E-state index in [0.717, 1.165) is 36.1 Å². The number of nitrogens with zero attached hydrogens (tertiary/aromatic N) is 1. The number of carbonyl (C=O) groups excluding carboxylic acids is 1. The molecule has 1 heterocycles. The summed E-state index contributed by atoms with van der Waals surface area (Å²) in [6.45, 7) is 5.51. The number of hydrogen-bond acceptors (Lipinski definition) is 4. The van der Waals surface area contributed by atoms with E-state index in [1.54, 1.807) is 0 Å². The number of ether oxygens (including phenoxy) is 1. The third-order valence-electron chi connectivity index (χ3n) is 5.12. The lowest BCUT2D eigenvalue weighted by Gasteiger charge is -2.26. The van der Waals surface area contributed by atoms with Crippen molar-refractivity contribution >= 4 is 27.5 Å². The third-order valence-corrected chi connectivity index (χ3v) is 7.50. The lowest BCUT2D eigenvalue weighted by atomic mass is 10.1. The van der Waals surface area contributed by atoms with Gasteiger partial charge in [0.15, 0.2) is 0 Å². The van der Waals surface area contributed by atoms with Crippen LogP contribution in [0.15, 0.2) is 41.3 Å². The maximum atomic E-state index is 12.9. The highest BCUT2D eigenvalue weighted by Crippen LogP contribution is 2.28. The number of halogens is 1. The molecule has 0 radical (unpaired) electrons. The zero-order chi connectivity index (χ0) is 21.7. The fourth-order valence-corrected chi connectivity index (χ4v) is 5.39. The molecule has 162 valence electrons. The largest absolute Gasteiger partial charge is 0.491 e. The maximum Gasteiger partial charge on any atom is 0.251 e. The predicted molar refractivity (Wildman–Crippen MR) is 118 cm³/mol. The highest BCUT2D eigenvalue weighted by atomic mass is 35.5. The van der Waals surface area contributed by atoms with E-state index in [2.05, 4.69) is 5.32 Å². The molecule has 0 bridgehead atoms. The van der Waals surface area contributed by atoms with Gasteiger partial charge in [0.1, 0.15) is 17.3 Å². The molecule has 1 aliphatic heterocycles. The molecule has 0 aromatic heterocycles. The van der Waals surface area contributed by atoms with E-state index in [9.17, 15) is 13.2 Å². The maximum absolute atomic E-state index is 12.9. The number of sulfonamides is 1. The first-order valence-electron chi connectivity index (χ1n) is 10.1. The SMILES string of the molecule is Cc1ccc(C)c(OCCNC(=O)c2ccc(Cl)c(S(=O)(=O)N3CCCCC3)c2)c1. The molecule has 30 heavy (non-hydrogen) atoms. The summed E-state index contributed by atoms with van der Waals surface area (Å²) >= 11 is 6.17. The number of hydrogen-bond donors (Lipinski definition) is 1. The molecule has 0 aliphatic carbocycles. The quantitative estimate of drug-likeness (QED) is 0.648. The van der Waals surface area contributed by atoms with Crippen molar-refractivity contribution in [1.29, 1.82) is 0 Å². The number of rotatable bonds is 7. The second-order valence-corrected chi connectivity index (χ2v) is 9.80. The van der Waals surface area contributed by atoms with E-state index in [0.29, 0.717) is 26.2 Å². The first-order valence-corrected chi connectivity index (χ1v) is 11.9. The van der Waals surface area contributed by atoms with Crippen molar-refractivity contribution in [3.05, 3.63) is 58.1 Å². The number of amides is 1. The Labute approximate surface area is 183 Å². The van der Waals surface area contributed by atoms with Crippen LogP contribution in [-0.2, 0) is 10.0 Å². The first-order chi connectivity index (χ1) is 14.3. The van der Waals surface area contributed by atoms with Crippen molar-refractivity contribution < 1.29 is 17.9 Å². The molecule has 1 aliphatic rings. The van der Waals surface area contributed by atoms with Crippen LogP contribution in [-0.4, -0.2) is 44.9 Å². The number of benzene rings is 2. The molecule has 0 atom stereocenters. The van der Waals surface area contributed by atoms with Crippen LogP contribution in [0, 0.1) is 13.8 Å². The van der Waals surface area contributed by atoms with Crippen molar-refractivity contribution in [3.8, 4) is 5.75 Å². The van der Waals surface area contributed by atoms with Crippen LogP contribution in [0.4, 0.5) is 0 Å². The highest BCUT2D eigenvalue weighted by Gasteiger charge is 2.28. The second kappa shape index (κ2) is 9.81. The Hall–Kier alpha value is -2.09. The van der Waals surface area contributed by atoms with Crippen LogP contribution in [0.25, 0.3) is 0 Å². The summed E-state index contributed by atoms with van der Waals surface area (Å²) in [6, 6.07) is 10.3. The molecule has 8 heteroatoms. The smallest absolute Gasteiger partial charge is 0.251 e. The Morgan fingerprint density at radius 1 is 1.10 bits per heavy atom. The van der Waals surface area contributed by atoms with E-state index in [1.807, 2.05) is 32.0 Å². The lowest BCUT2D eigenvalue weighted by molar-refractivity contribution is 0.0946. The van der Waals surface area contributed by atoms with E-state index >= 15 is 0 Å². The number of piperidine rings is 1. The fraction of sp³-hybridized carbons (Fsp3) is 0.409. The summed E-state index contributed by atoms with van der Waals surface area (Å²) in [7, 11) is -3.72. The van der Waals surface area contributed by atoms with Gasteiger partial charge >= 0.3 is 0 Å². The highest BCUT2D eigenvalue weighted by molar-refractivity contribution is 7.89. The fourth-order valence-electron chi connectivity index (χ4n) is 3.38. The average Bonchev–Trinajstić information content (AvgIpc) is 2.74. The average molecular weight is 451 g/mol. The zero-order valence-corrected chi connectivity index (χ0v) is 18.9. The first kappa shape index (κ1) is 22.6. The molecule has 3 rings (SSSR count). The van der Waals surface area contributed by atoms with E-state index < -0.39 is 10.0 Å². The Balaban J connectivity index is 1.63. The van der Waals surface area contributed by atoms with Gasteiger partial charge in [-0.2, -0.15) is 4.31 Å². The van der Waals surface area contributed by atoms with Crippen molar-refractivity contribution in [3.63, 3.8) is 0 Å². The normalized spacial score (nSPS) is 15.0. The molecule has 2 aromatic rings. The number of nitrogens with one attached hydrogen (secondary N) is 1. The van der Waals surface area contributed by atoms with E-state index in [-0.39, 0.29) is 21.4 Å². The molecule has 1 saturated heterocycles. The Morgan fingerprint density at radius 3 is 2.57 bits per heavy atom. The van der Waals surface area contributed by atoms with Crippen LogP contribution < -0.4 is 10.1 Å². The van der Waals surface area contributed by atoms with Crippen LogP contribution in [0.1, 0.15) is 40.7 Å². The summed E-state index contributed by atoms with van der Waals surface area (Å²) in [5, 5.41) is 2.89. The Morgan fingerprint density at radius 2 is 1.83 bits per heavy atom. The molecule has 2 aromatic carbocycles. The van der Waals surface area contributed by atoms with Gasteiger partial charge in [0, 0.05) is 18.7 Å². The van der Waals surface area contributed by atoms with Crippen LogP contribution in [0.2, 0.25) is 5.02 Å². The van der Waals surface area contributed by atoms with Gasteiger partial charge in [-0.1, -0.05) is 30.2 Å². The molecule has 0 spiro atoms. The number of carbonyl (C=O) groups is 1. The topological polar surface area (TPSA) is 75.7 Å². The summed E-state index contributed by atoms with van der Waals surface area (Å²) in [4.78, 5) is 12.5. The third kappa shape index (κ3) is 5.33. The van der Waals surface area contributed by atoms with Gasteiger partial charge in [-0.3, -0.25) is 4.79 Å². The van der Waals surface area contributed by atoms with E-state index in [4.69, 9.17) is 16.3 Å². The van der Waals surface area contributed by atoms with Gasteiger partial charge in [0.2, 0.25) is 10.0 Å². The molecule has 0 unspecified atom stereocenters. The van der Waals surface area contributed by atoms with Gasteiger partial charge in [-0.05, 0) is 62.1 Å². The zero-order valence-electron chi connectivity index (χ0n) is 17.3. The van der Waals surface area contributed by atoms with Crippen molar-refractivity contribution in [2.45, 2.75) is 38.0 Å². The summed E-state index contributed by atoms with van der Waals surface area (Å²) < 4.78 is 33.1. The minimum atomic E-state index is -3.72. The molecule has 1 amide bonds. The van der Waals surface area contributed by atoms with Crippen LogP contribution >= 0.6 is 11.6 Å². The number of aryl methyl sites for hydroxylation is 2. The lowest BCUT2D eigenvalue weighted by Crippen LogP contribution is -2.36. The summed E-state index contributed by atoms with van der Waals surface area (Å²) in [5.74, 6) is 0.414. The van der Waals surface area contributed by atoms with Crippen molar-refractivity contribution in [2.24, 2.45) is 0 Å². The monoisotopic (exact) mass is 450 g/mol. The molecular weight excluding hydrogens is 424 g/mol. The minimum absolute atomic E-state index is 0.0228. The van der Waals surface area contributed by atoms with Crippen LogP contribution in [0.5, 0.6) is 5.75 Å². The van der Waals surface area contributed by atoms with Gasteiger partial charge in [-0.25, -0.2) is 8.42 Å². The van der Waals surface area contributed by atoms with Gasteiger partial charge in [0.05, 0.1) is 11.6 Å². The van der Waals surface area contributed by atoms with Gasteiger partial charge in [-0.15, -0.1) is 0 Å². The van der Waals surface area contributed by atoms with Crippen molar-refractivity contribution in [1.82, 2.24) is 9.62 Å². The van der Waals surface area contributed by atoms with Gasteiger partial charge < -0.3 is 10.1 Å². The molecule has 1 N–H and O–H groups in total. The molecule has 0 saturated carbocycles. The second-order valence-electron chi connectivity index (χ2n) is 7.48. The molecular formula is C22H27ClN2O4S.